The molecule has 0 unspecified atom stereocenters. The topological polar surface area (TPSA) is 13.1 Å². The van der Waals surface area contributed by atoms with E-state index >= 15 is 0 Å². The molecule has 0 aliphatic carbocycles. The SMILES string of the molecule is c1ccc(CO[n+]2cc3ccccc3c3ccccc32)cc1. The molecule has 0 radical (unpaired) electrons. The monoisotopic (exact) mass is 286 g/mol. The average molecular weight is 286 g/mol. The van der Waals surface area contributed by atoms with Gasteiger partial charge in [0.1, 0.15) is 0 Å². The predicted molar refractivity (Wildman–Crippen MR) is 88.4 cm³/mol. The summed E-state index contributed by atoms with van der Waals surface area (Å²) in [5, 5.41) is 3.63. The van der Waals surface area contributed by atoms with Crippen molar-refractivity contribution >= 4 is 21.7 Å². The second-order valence-corrected chi connectivity index (χ2v) is 5.32. The first-order valence-corrected chi connectivity index (χ1v) is 7.41. The summed E-state index contributed by atoms with van der Waals surface area (Å²) in [5.74, 6) is 0. The highest BCUT2D eigenvalue weighted by molar-refractivity contribution is 6.03. The van der Waals surface area contributed by atoms with Gasteiger partial charge in [-0.15, -0.1) is 0 Å². The fourth-order valence-electron chi connectivity index (χ4n) is 2.77. The zero-order valence-corrected chi connectivity index (χ0v) is 12.1. The number of fused-ring (bicyclic) bond motifs is 3. The molecule has 0 N–H and O–H groups in total. The molecule has 0 fully saturated rings. The molecule has 0 atom stereocenters. The third kappa shape index (κ3) is 2.29. The van der Waals surface area contributed by atoms with Crippen molar-refractivity contribution in [3.63, 3.8) is 0 Å². The molecular formula is C20H16NO+. The Labute approximate surface area is 129 Å². The van der Waals surface area contributed by atoms with E-state index in [0.29, 0.717) is 6.61 Å². The number of pyridine rings is 1. The molecule has 4 aromatic rings. The van der Waals surface area contributed by atoms with Gasteiger partial charge in [-0.2, -0.15) is 0 Å². The zero-order valence-electron chi connectivity index (χ0n) is 12.1. The molecule has 1 heterocycles. The summed E-state index contributed by atoms with van der Waals surface area (Å²) in [6.45, 7) is 0.549. The van der Waals surface area contributed by atoms with Crippen molar-refractivity contribution in [2.24, 2.45) is 0 Å². The van der Waals surface area contributed by atoms with Gasteiger partial charge in [0.05, 0.1) is 10.8 Å². The van der Waals surface area contributed by atoms with Gasteiger partial charge in [0.15, 0.2) is 6.61 Å². The summed E-state index contributed by atoms with van der Waals surface area (Å²) in [5.41, 5.74) is 2.24. The third-order valence-electron chi connectivity index (χ3n) is 3.86. The summed E-state index contributed by atoms with van der Waals surface area (Å²) in [6, 6.07) is 27.0. The zero-order chi connectivity index (χ0) is 14.8. The Hall–Kier alpha value is -2.87. The number of hydrogen-bond acceptors (Lipinski definition) is 1. The van der Waals surface area contributed by atoms with E-state index in [1.165, 1.54) is 16.2 Å². The van der Waals surface area contributed by atoms with Crippen LogP contribution in [0.4, 0.5) is 0 Å². The Bertz CT molecular complexity index is 932. The van der Waals surface area contributed by atoms with E-state index in [1.54, 1.807) is 0 Å². The van der Waals surface area contributed by atoms with E-state index in [1.807, 2.05) is 29.0 Å². The smallest absolute Gasteiger partial charge is 0.265 e. The van der Waals surface area contributed by atoms with Crippen molar-refractivity contribution in [1.82, 2.24) is 0 Å². The van der Waals surface area contributed by atoms with Crippen molar-refractivity contribution in [3.8, 4) is 0 Å². The number of hydrogen-bond donors (Lipinski definition) is 0. The Kier molecular flexibility index (Phi) is 3.20. The molecule has 1 aromatic heterocycles. The lowest BCUT2D eigenvalue weighted by atomic mass is 10.1. The molecule has 0 bridgehead atoms. The fourth-order valence-corrected chi connectivity index (χ4v) is 2.77. The quantitative estimate of drug-likeness (QED) is 0.411. The van der Waals surface area contributed by atoms with E-state index in [4.69, 9.17) is 4.84 Å². The molecule has 2 heteroatoms. The minimum atomic E-state index is 0.549. The molecule has 3 aromatic carbocycles. The Morgan fingerprint density at radius 2 is 1.36 bits per heavy atom. The van der Waals surface area contributed by atoms with Crippen LogP contribution in [0.25, 0.3) is 21.7 Å². The maximum absolute atomic E-state index is 6.03. The van der Waals surface area contributed by atoms with Gasteiger partial charge in [0, 0.05) is 16.2 Å². The van der Waals surface area contributed by atoms with E-state index in [-0.39, 0.29) is 0 Å². The summed E-state index contributed by atoms with van der Waals surface area (Å²) < 4.78 is 1.88. The summed E-state index contributed by atoms with van der Waals surface area (Å²) in [6.07, 6.45) is 2.06. The van der Waals surface area contributed by atoms with Crippen molar-refractivity contribution in [2.75, 3.05) is 0 Å². The van der Waals surface area contributed by atoms with Gasteiger partial charge < -0.3 is 0 Å². The average Bonchev–Trinajstić information content (AvgIpc) is 2.60. The molecule has 0 saturated carbocycles. The van der Waals surface area contributed by atoms with E-state index in [2.05, 4.69) is 60.8 Å². The lowest BCUT2D eigenvalue weighted by Crippen LogP contribution is -2.42. The third-order valence-corrected chi connectivity index (χ3v) is 3.86. The van der Waals surface area contributed by atoms with Gasteiger partial charge in [-0.1, -0.05) is 60.7 Å². The molecule has 0 amide bonds. The fraction of sp³-hybridized carbons (Fsp3) is 0.0500. The van der Waals surface area contributed by atoms with Gasteiger partial charge in [-0.05, 0) is 17.7 Å². The van der Waals surface area contributed by atoms with Crippen LogP contribution in [0.1, 0.15) is 5.56 Å². The van der Waals surface area contributed by atoms with Gasteiger partial charge >= 0.3 is 0 Å². The molecule has 0 spiro atoms. The van der Waals surface area contributed by atoms with Crippen LogP contribution < -0.4 is 9.57 Å². The molecule has 106 valence electrons. The Balaban J connectivity index is 1.81. The standard InChI is InChI=1S/C20H16NO/c1-2-8-16(9-3-1)15-22-21-14-17-10-4-5-11-18(17)19-12-6-7-13-20(19)21/h1-14H,15H2/q+1. The van der Waals surface area contributed by atoms with Gasteiger partial charge in [-0.3, -0.25) is 4.84 Å². The van der Waals surface area contributed by atoms with Crippen LogP contribution in [0.15, 0.2) is 85.1 Å². The van der Waals surface area contributed by atoms with Crippen LogP contribution in [0.5, 0.6) is 0 Å². The van der Waals surface area contributed by atoms with Crippen molar-refractivity contribution in [2.45, 2.75) is 6.61 Å². The molecular weight excluding hydrogens is 270 g/mol. The van der Waals surface area contributed by atoms with Gasteiger partial charge in [0.25, 0.3) is 5.52 Å². The number of nitrogens with zero attached hydrogens (tertiary/aromatic N) is 1. The maximum atomic E-state index is 6.03. The van der Waals surface area contributed by atoms with Crippen LogP contribution in [-0.4, -0.2) is 0 Å². The molecule has 2 nitrogen and oxygen atoms in total. The largest absolute Gasteiger partial charge is 0.266 e. The number of aromatic nitrogens is 1. The highest BCUT2D eigenvalue weighted by Gasteiger charge is 2.14. The molecule has 4 rings (SSSR count). The second kappa shape index (κ2) is 5.49. The minimum Gasteiger partial charge on any atom is -0.266 e. The van der Waals surface area contributed by atoms with Crippen LogP contribution in [0.2, 0.25) is 0 Å². The van der Waals surface area contributed by atoms with Gasteiger partial charge in [0.2, 0.25) is 6.20 Å². The second-order valence-electron chi connectivity index (χ2n) is 5.32. The number of benzene rings is 3. The normalized spacial score (nSPS) is 10.9. The van der Waals surface area contributed by atoms with Gasteiger partial charge in [-0.25, -0.2) is 0 Å². The van der Waals surface area contributed by atoms with E-state index in [9.17, 15) is 0 Å². The van der Waals surface area contributed by atoms with Crippen LogP contribution in [-0.2, 0) is 6.61 Å². The summed E-state index contributed by atoms with van der Waals surface area (Å²) in [4.78, 5) is 6.03. The lowest BCUT2D eigenvalue weighted by molar-refractivity contribution is -0.874. The van der Waals surface area contributed by atoms with E-state index < -0.39 is 0 Å². The van der Waals surface area contributed by atoms with Crippen LogP contribution in [0.3, 0.4) is 0 Å². The summed E-state index contributed by atoms with van der Waals surface area (Å²) >= 11 is 0. The number of rotatable bonds is 3. The first kappa shape index (κ1) is 12.8. The minimum absolute atomic E-state index is 0.549. The first-order valence-electron chi connectivity index (χ1n) is 7.41. The Morgan fingerprint density at radius 1 is 0.682 bits per heavy atom. The molecule has 0 aliphatic heterocycles. The van der Waals surface area contributed by atoms with Crippen molar-refractivity contribution in [1.29, 1.82) is 0 Å². The highest BCUT2D eigenvalue weighted by atomic mass is 16.7. The predicted octanol–water partition coefficient (Wildman–Crippen LogP) is 3.91. The van der Waals surface area contributed by atoms with Crippen molar-refractivity contribution < 1.29 is 9.57 Å². The first-order chi connectivity index (χ1) is 10.9. The molecule has 0 aliphatic rings. The van der Waals surface area contributed by atoms with Crippen molar-refractivity contribution in [3.05, 3.63) is 90.6 Å². The molecule has 22 heavy (non-hydrogen) atoms. The van der Waals surface area contributed by atoms with E-state index in [0.717, 1.165) is 11.1 Å². The van der Waals surface area contributed by atoms with Crippen LogP contribution >= 0.6 is 0 Å². The number of para-hydroxylation sites is 1. The lowest BCUT2D eigenvalue weighted by Gasteiger charge is -2.05. The van der Waals surface area contributed by atoms with Crippen LogP contribution in [0, 0.1) is 0 Å². The highest BCUT2D eigenvalue weighted by Crippen LogP contribution is 2.21. The Morgan fingerprint density at radius 3 is 2.23 bits per heavy atom. The maximum Gasteiger partial charge on any atom is 0.265 e. The molecule has 0 saturated heterocycles. The summed E-state index contributed by atoms with van der Waals surface area (Å²) in [7, 11) is 0.